The van der Waals surface area contributed by atoms with E-state index in [2.05, 4.69) is 10.6 Å². The number of carbonyl (C=O) groups is 2. The highest BCUT2D eigenvalue weighted by Gasteiger charge is 2.34. The van der Waals surface area contributed by atoms with Gasteiger partial charge in [0.2, 0.25) is 0 Å². The van der Waals surface area contributed by atoms with E-state index in [9.17, 15) is 9.59 Å². The van der Waals surface area contributed by atoms with Gasteiger partial charge in [-0.2, -0.15) is 0 Å². The summed E-state index contributed by atoms with van der Waals surface area (Å²) in [4.78, 5) is 26.2. The van der Waals surface area contributed by atoms with E-state index in [0.717, 1.165) is 35.5 Å². The van der Waals surface area contributed by atoms with Gasteiger partial charge in [0.15, 0.2) is 11.6 Å². The third-order valence-corrected chi connectivity index (χ3v) is 6.40. The Labute approximate surface area is 198 Å². The number of fused-ring (bicyclic) bond motifs is 1. The molecule has 0 bridgehead atoms. The first-order chi connectivity index (χ1) is 16.6. The Morgan fingerprint density at radius 2 is 1.71 bits per heavy atom. The summed E-state index contributed by atoms with van der Waals surface area (Å²) in [7, 11) is 3.22. The summed E-state index contributed by atoms with van der Waals surface area (Å²) in [5, 5.41) is 7.03. The Kier molecular flexibility index (Phi) is 5.80. The normalized spacial score (nSPS) is 17.0. The van der Waals surface area contributed by atoms with E-state index < -0.39 is 6.04 Å². The first kappa shape index (κ1) is 21.8. The van der Waals surface area contributed by atoms with Crippen molar-refractivity contribution in [3.63, 3.8) is 0 Å². The molecular weight excluding hydrogens is 428 g/mol. The van der Waals surface area contributed by atoms with Gasteiger partial charge in [0.25, 0.3) is 0 Å². The first-order valence-electron chi connectivity index (χ1n) is 11.3. The molecule has 0 aromatic heterocycles. The van der Waals surface area contributed by atoms with Crippen LogP contribution in [0.1, 0.15) is 46.8 Å². The number of rotatable bonds is 5. The summed E-state index contributed by atoms with van der Waals surface area (Å²) in [6.45, 7) is 0. The lowest BCUT2D eigenvalue weighted by atomic mass is 9.86. The number of nitrogens with one attached hydrogen (secondary N) is 2. The molecule has 3 aromatic carbocycles. The van der Waals surface area contributed by atoms with Crippen LogP contribution >= 0.6 is 0 Å². The second-order valence-electron chi connectivity index (χ2n) is 8.43. The van der Waals surface area contributed by atoms with Crippen molar-refractivity contribution in [2.75, 3.05) is 24.9 Å². The predicted octanol–water partition coefficient (Wildman–Crippen LogP) is 5.52. The van der Waals surface area contributed by atoms with Gasteiger partial charge in [-0.3, -0.25) is 9.59 Å². The van der Waals surface area contributed by atoms with Gasteiger partial charge in [-0.05, 0) is 43.2 Å². The van der Waals surface area contributed by atoms with Crippen LogP contribution in [0.2, 0.25) is 0 Å². The maximum absolute atomic E-state index is 13.1. The van der Waals surface area contributed by atoms with Crippen LogP contribution in [0.25, 0.3) is 0 Å². The SMILES string of the molecule is COc1ccc([C@@H]2Nc3ccc(C(=O)c4ccccc4)cc3NC3=C2C(=O)CCC3)c(OC)c1. The molecule has 34 heavy (non-hydrogen) atoms. The minimum atomic E-state index is -0.395. The number of methoxy groups -OCH3 is 2. The molecule has 6 heteroatoms. The fourth-order valence-corrected chi connectivity index (χ4v) is 4.68. The standard InChI is InChI=1S/C28H26N2O4/c1-33-19-12-13-20(25(16-19)34-2)27-26-22(9-6-10-24(26)31)29-23-15-18(11-14-21(23)30-27)28(32)17-7-4-3-5-8-17/h3-5,7-8,11-16,27,29-30H,6,9-10H2,1-2H3/t27-/m0/s1. The van der Waals surface area contributed by atoms with Crippen molar-refractivity contribution in [2.45, 2.75) is 25.3 Å². The van der Waals surface area contributed by atoms with Crippen LogP contribution in [-0.4, -0.2) is 25.8 Å². The lowest BCUT2D eigenvalue weighted by molar-refractivity contribution is -0.116. The second-order valence-corrected chi connectivity index (χ2v) is 8.43. The zero-order valence-corrected chi connectivity index (χ0v) is 19.2. The molecule has 0 unspecified atom stereocenters. The van der Waals surface area contributed by atoms with Crippen molar-refractivity contribution in [3.05, 3.63) is 94.7 Å². The van der Waals surface area contributed by atoms with Gasteiger partial charge in [0.1, 0.15) is 11.5 Å². The third kappa shape index (κ3) is 3.92. The minimum Gasteiger partial charge on any atom is -0.497 e. The first-order valence-corrected chi connectivity index (χ1v) is 11.3. The Hall–Kier alpha value is -4.06. The van der Waals surface area contributed by atoms with E-state index in [4.69, 9.17) is 9.47 Å². The van der Waals surface area contributed by atoms with Gasteiger partial charge in [0.05, 0.1) is 31.6 Å². The molecule has 1 aliphatic carbocycles. The largest absolute Gasteiger partial charge is 0.497 e. The molecule has 1 aliphatic heterocycles. The molecule has 172 valence electrons. The molecule has 2 aliphatic rings. The average Bonchev–Trinajstić information content (AvgIpc) is 3.05. The lowest BCUT2D eigenvalue weighted by Gasteiger charge is -2.26. The van der Waals surface area contributed by atoms with E-state index >= 15 is 0 Å². The van der Waals surface area contributed by atoms with Crippen LogP contribution in [-0.2, 0) is 4.79 Å². The number of benzene rings is 3. The molecule has 0 saturated heterocycles. The topological polar surface area (TPSA) is 76.7 Å². The summed E-state index contributed by atoms with van der Waals surface area (Å²) in [5.41, 5.74) is 5.26. The highest BCUT2D eigenvalue weighted by molar-refractivity contribution is 6.10. The van der Waals surface area contributed by atoms with Crippen molar-refractivity contribution in [1.29, 1.82) is 0 Å². The van der Waals surface area contributed by atoms with Crippen molar-refractivity contribution in [3.8, 4) is 11.5 Å². The summed E-state index contributed by atoms with van der Waals surface area (Å²) in [6, 6.07) is 20.0. The predicted molar refractivity (Wildman–Crippen MR) is 132 cm³/mol. The number of anilines is 2. The van der Waals surface area contributed by atoms with Crippen molar-refractivity contribution in [1.82, 2.24) is 0 Å². The molecule has 3 aromatic rings. The number of ether oxygens (including phenoxy) is 2. The number of allylic oxidation sites excluding steroid dienone is 1. The second kappa shape index (κ2) is 9.06. The lowest BCUT2D eigenvalue weighted by Crippen LogP contribution is -2.24. The average molecular weight is 455 g/mol. The van der Waals surface area contributed by atoms with Gasteiger partial charge in [-0.15, -0.1) is 0 Å². The van der Waals surface area contributed by atoms with Crippen LogP contribution in [0.4, 0.5) is 11.4 Å². The summed E-state index contributed by atoms with van der Waals surface area (Å²) in [5.74, 6) is 1.39. The van der Waals surface area contributed by atoms with Crippen LogP contribution in [0.5, 0.6) is 11.5 Å². The zero-order valence-electron chi connectivity index (χ0n) is 19.2. The molecule has 0 saturated carbocycles. The Morgan fingerprint density at radius 3 is 2.47 bits per heavy atom. The molecule has 0 radical (unpaired) electrons. The zero-order chi connectivity index (χ0) is 23.7. The Bertz CT molecular complexity index is 1300. The molecule has 5 rings (SSSR count). The maximum atomic E-state index is 13.1. The Balaban J connectivity index is 1.60. The fourth-order valence-electron chi connectivity index (χ4n) is 4.68. The number of ketones is 2. The third-order valence-electron chi connectivity index (χ3n) is 6.40. The van der Waals surface area contributed by atoms with E-state index in [1.807, 2.05) is 66.7 Å². The smallest absolute Gasteiger partial charge is 0.193 e. The molecule has 1 atom stereocenters. The molecular formula is C28H26N2O4. The van der Waals surface area contributed by atoms with Gasteiger partial charge in [-0.25, -0.2) is 0 Å². The highest BCUT2D eigenvalue weighted by atomic mass is 16.5. The molecule has 2 N–H and O–H groups in total. The molecule has 6 nitrogen and oxygen atoms in total. The van der Waals surface area contributed by atoms with Crippen molar-refractivity contribution < 1.29 is 19.1 Å². The molecule has 0 spiro atoms. The van der Waals surface area contributed by atoms with Gasteiger partial charge >= 0.3 is 0 Å². The van der Waals surface area contributed by atoms with Crippen molar-refractivity contribution >= 4 is 22.9 Å². The molecule has 0 fully saturated rings. The van der Waals surface area contributed by atoms with Gasteiger partial charge in [-0.1, -0.05) is 30.3 Å². The van der Waals surface area contributed by atoms with E-state index in [0.29, 0.717) is 34.6 Å². The number of hydrogen-bond acceptors (Lipinski definition) is 6. The van der Waals surface area contributed by atoms with E-state index in [-0.39, 0.29) is 11.6 Å². The summed E-state index contributed by atoms with van der Waals surface area (Å²) >= 11 is 0. The van der Waals surface area contributed by atoms with Crippen LogP contribution in [0.15, 0.2) is 78.0 Å². The summed E-state index contributed by atoms with van der Waals surface area (Å²) < 4.78 is 11.0. The van der Waals surface area contributed by atoms with E-state index in [1.165, 1.54) is 0 Å². The van der Waals surface area contributed by atoms with Crippen LogP contribution in [0, 0.1) is 0 Å². The van der Waals surface area contributed by atoms with Crippen LogP contribution < -0.4 is 20.1 Å². The fraction of sp³-hybridized carbons (Fsp3) is 0.214. The maximum Gasteiger partial charge on any atom is 0.193 e. The quantitative estimate of drug-likeness (QED) is 0.495. The van der Waals surface area contributed by atoms with Gasteiger partial charge in [0, 0.05) is 40.4 Å². The monoisotopic (exact) mass is 454 g/mol. The van der Waals surface area contributed by atoms with E-state index in [1.54, 1.807) is 14.2 Å². The van der Waals surface area contributed by atoms with Crippen molar-refractivity contribution in [2.24, 2.45) is 0 Å². The minimum absolute atomic E-state index is 0.0447. The molecule has 0 amide bonds. The summed E-state index contributed by atoms with van der Waals surface area (Å²) in [6.07, 6.45) is 2.05. The van der Waals surface area contributed by atoms with Crippen LogP contribution in [0.3, 0.4) is 0 Å². The Morgan fingerprint density at radius 1 is 0.882 bits per heavy atom. The molecule has 1 heterocycles. The number of Topliss-reactive ketones (excluding diaryl/α,β-unsaturated/α-hetero) is 1. The number of carbonyl (C=O) groups excluding carboxylic acids is 2. The highest BCUT2D eigenvalue weighted by Crippen LogP contribution is 2.43. The van der Waals surface area contributed by atoms with Gasteiger partial charge < -0.3 is 20.1 Å². The number of hydrogen-bond donors (Lipinski definition) is 2.